The van der Waals surface area contributed by atoms with E-state index < -0.39 is 6.10 Å². The van der Waals surface area contributed by atoms with Gasteiger partial charge in [-0.3, -0.25) is 4.79 Å². The van der Waals surface area contributed by atoms with Crippen LogP contribution in [0.2, 0.25) is 0 Å². The highest BCUT2D eigenvalue weighted by Crippen LogP contribution is 2.14. The van der Waals surface area contributed by atoms with E-state index in [1.807, 2.05) is 0 Å². The number of aliphatic hydroxyl groups excluding tert-OH is 1. The molecule has 0 aromatic rings. The zero-order valence-electron chi connectivity index (χ0n) is 6.45. The number of cyclic esters (lactones) is 1. The number of ether oxygens (including phenoxy) is 2. The summed E-state index contributed by atoms with van der Waals surface area (Å²) in [5.41, 5.74) is 0. The van der Waals surface area contributed by atoms with Crippen molar-refractivity contribution < 1.29 is 19.4 Å². The highest BCUT2D eigenvalue weighted by Gasteiger charge is 2.26. The van der Waals surface area contributed by atoms with E-state index in [0.29, 0.717) is 13.0 Å². The predicted octanol–water partition coefficient (Wildman–Crippen LogP) is -0.301. The fraction of sp³-hybridized carbons (Fsp3) is 0.857. The number of methoxy groups -OCH3 is 1. The van der Waals surface area contributed by atoms with Gasteiger partial charge in [-0.2, -0.15) is 0 Å². The van der Waals surface area contributed by atoms with E-state index in [2.05, 4.69) is 0 Å². The van der Waals surface area contributed by atoms with Crippen molar-refractivity contribution >= 4 is 5.97 Å². The monoisotopic (exact) mass is 160 g/mol. The van der Waals surface area contributed by atoms with E-state index in [0.717, 1.165) is 0 Å². The van der Waals surface area contributed by atoms with Crippen LogP contribution in [0.25, 0.3) is 0 Å². The molecule has 4 heteroatoms. The Balaban J connectivity index is 2.36. The molecule has 2 atom stereocenters. The van der Waals surface area contributed by atoms with Gasteiger partial charge in [0.2, 0.25) is 0 Å². The molecule has 1 heterocycles. The number of rotatable bonds is 2. The Morgan fingerprint density at radius 3 is 3.09 bits per heavy atom. The minimum Gasteiger partial charge on any atom is -0.460 e. The lowest BCUT2D eigenvalue weighted by Gasteiger charge is -2.24. The Labute approximate surface area is 65.1 Å². The summed E-state index contributed by atoms with van der Waals surface area (Å²) < 4.78 is 9.66. The van der Waals surface area contributed by atoms with Crippen LogP contribution >= 0.6 is 0 Å². The molecule has 4 nitrogen and oxygen atoms in total. The highest BCUT2D eigenvalue weighted by atomic mass is 16.6. The first-order valence-corrected chi connectivity index (χ1v) is 3.59. The summed E-state index contributed by atoms with van der Waals surface area (Å²) in [6, 6.07) is 0. The van der Waals surface area contributed by atoms with Gasteiger partial charge in [-0.15, -0.1) is 0 Å². The van der Waals surface area contributed by atoms with Crippen LogP contribution in [0.3, 0.4) is 0 Å². The molecule has 0 spiro atoms. The lowest BCUT2D eigenvalue weighted by Crippen LogP contribution is -2.35. The molecule has 1 aliphatic heterocycles. The minimum absolute atomic E-state index is 0.111. The molecule has 2 unspecified atom stereocenters. The quantitative estimate of drug-likeness (QED) is 0.563. The van der Waals surface area contributed by atoms with Gasteiger partial charge in [0.05, 0.1) is 19.1 Å². The van der Waals surface area contributed by atoms with Gasteiger partial charge in [-0.05, 0) is 0 Å². The first-order valence-electron chi connectivity index (χ1n) is 3.59. The number of carbonyl (C=O) groups excluding carboxylic acids is 1. The topological polar surface area (TPSA) is 55.8 Å². The Morgan fingerprint density at radius 2 is 2.55 bits per heavy atom. The number of hydrogen-bond donors (Lipinski definition) is 1. The zero-order valence-corrected chi connectivity index (χ0v) is 6.45. The Hall–Kier alpha value is -0.610. The van der Waals surface area contributed by atoms with Gasteiger partial charge in [-0.1, -0.05) is 0 Å². The van der Waals surface area contributed by atoms with Gasteiger partial charge >= 0.3 is 5.97 Å². The third-order valence-corrected chi connectivity index (χ3v) is 1.59. The second-order valence-electron chi connectivity index (χ2n) is 2.66. The molecule has 0 aromatic heterocycles. The highest BCUT2D eigenvalue weighted by molar-refractivity contribution is 5.70. The van der Waals surface area contributed by atoms with Crippen molar-refractivity contribution in [3.05, 3.63) is 0 Å². The van der Waals surface area contributed by atoms with Crippen molar-refractivity contribution in [2.45, 2.75) is 25.0 Å². The van der Waals surface area contributed by atoms with Crippen LogP contribution in [-0.4, -0.2) is 37.0 Å². The van der Waals surface area contributed by atoms with Crippen LogP contribution in [0, 0.1) is 0 Å². The molecule has 64 valence electrons. The number of hydrogen-bond acceptors (Lipinski definition) is 4. The molecule has 11 heavy (non-hydrogen) atoms. The third-order valence-electron chi connectivity index (χ3n) is 1.59. The first-order chi connectivity index (χ1) is 5.22. The summed E-state index contributed by atoms with van der Waals surface area (Å²) in [7, 11) is 1.54. The van der Waals surface area contributed by atoms with E-state index >= 15 is 0 Å². The average molecular weight is 160 g/mol. The van der Waals surface area contributed by atoms with Crippen LogP contribution in [-0.2, 0) is 14.3 Å². The summed E-state index contributed by atoms with van der Waals surface area (Å²) >= 11 is 0. The summed E-state index contributed by atoms with van der Waals surface area (Å²) in [4.78, 5) is 10.7. The zero-order chi connectivity index (χ0) is 8.27. The minimum atomic E-state index is -0.559. The molecule has 1 aliphatic rings. The van der Waals surface area contributed by atoms with Crippen LogP contribution in [0.1, 0.15) is 12.8 Å². The summed E-state index contributed by atoms with van der Waals surface area (Å²) in [6.45, 7) is 0.364. The number of esters is 1. The van der Waals surface area contributed by atoms with Crippen LogP contribution in [0.15, 0.2) is 0 Å². The fourth-order valence-electron chi connectivity index (χ4n) is 1.15. The van der Waals surface area contributed by atoms with E-state index in [4.69, 9.17) is 14.6 Å². The molecule has 1 saturated heterocycles. The number of aliphatic hydroxyl groups is 1. The maximum Gasteiger partial charge on any atom is 0.308 e. The molecular formula is C7H12O4. The average Bonchev–Trinajstić information content (AvgIpc) is 1.85. The maximum absolute atomic E-state index is 10.7. The smallest absolute Gasteiger partial charge is 0.308 e. The second-order valence-corrected chi connectivity index (χ2v) is 2.66. The molecule has 1 N–H and O–H groups in total. The fourth-order valence-corrected chi connectivity index (χ4v) is 1.15. The molecule has 0 bridgehead atoms. The van der Waals surface area contributed by atoms with E-state index in [1.165, 1.54) is 7.11 Å². The third kappa shape index (κ3) is 2.48. The van der Waals surface area contributed by atoms with Gasteiger partial charge < -0.3 is 14.6 Å². The van der Waals surface area contributed by atoms with Crippen LogP contribution < -0.4 is 0 Å². The Kier molecular flexibility index (Phi) is 2.84. The Bertz CT molecular complexity index is 145. The predicted molar refractivity (Wildman–Crippen MR) is 37.0 cm³/mol. The summed E-state index contributed by atoms with van der Waals surface area (Å²) in [5, 5.41) is 9.12. The molecule has 0 aliphatic carbocycles. The van der Waals surface area contributed by atoms with Gasteiger partial charge in [0.25, 0.3) is 0 Å². The Morgan fingerprint density at radius 1 is 1.82 bits per heavy atom. The molecular weight excluding hydrogens is 148 g/mol. The molecule has 1 fully saturated rings. The SMILES string of the molecule is COCC1CC(O)CC(=O)O1. The maximum atomic E-state index is 10.7. The standard InChI is InChI=1S/C7H12O4/c1-10-4-6-2-5(8)3-7(9)11-6/h5-6,8H,2-4H2,1H3. The van der Waals surface area contributed by atoms with Crippen molar-refractivity contribution in [2.75, 3.05) is 13.7 Å². The lowest BCUT2D eigenvalue weighted by atomic mass is 10.1. The largest absolute Gasteiger partial charge is 0.460 e. The van der Waals surface area contributed by atoms with Crippen molar-refractivity contribution in [2.24, 2.45) is 0 Å². The van der Waals surface area contributed by atoms with E-state index in [-0.39, 0.29) is 18.5 Å². The number of carbonyl (C=O) groups is 1. The van der Waals surface area contributed by atoms with Crippen LogP contribution in [0.5, 0.6) is 0 Å². The first kappa shape index (κ1) is 8.49. The van der Waals surface area contributed by atoms with E-state index in [1.54, 1.807) is 0 Å². The lowest BCUT2D eigenvalue weighted by molar-refractivity contribution is -0.163. The molecule has 0 aromatic carbocycles. The van der Waals surface area contributed by atoms with Crippen molar-refractivity contribution in [1.82, 2.24) is 0 Å². The molecule has 0 saturated carbocycles. The van der Waals surface area contributed by atoms with Crippen molar-refractivity contribution in [1.29, 1.82) is 0 Å². The molecule has 0 amide bonds. The van der Waals surface area contributed by atoms with Crippen molar-refractivity contribution in [3.63, 3.8) is 0 Å². The van der Waals surface area contributed by atoms with Crippen molar-refractivity contribution in [3.8, 4) is 0 Å². The van der Waals surface area contributed by atoms with Gasteiger partial charge in [0, 0.05) is 13.5 Å². The normalized spacial score (nSPS) is 31.6. The molecule has 0 radical (unpaired) electrons. The van der Waals surface area contributed by atoms with Gasteiger partial charge in [0.1, 0.15) is 6.10 Å². The summed E-state index contributed by atoms with van der Waals surface area (Å²) in [6.07, 6.45) is -0.229. The second kappa shape index (κ2) is 3.69. The molecule has 1 rings (SSSR count). The van der Waals surface area contributed by atoms with Crippen LogP contribution in [0.4, 0.5) is 0 Å². The van der Waals surface area contributed by atoms with E-state index in [9.17, 15) is 4.79 Å². The van der Waals surface area contributed by atoms with Gasteiger partial charge in [-0.25, -0.2) is 0 Å². The summed E-state index contributed by atoms with van der Waals surface area (Å²) in [5.74, 6) is -0.342. The van der Waals surface area contributed by atoms with Gasteiger partial charge in [0.15, 0.2) is 0 Å².